The summed E-state index contributed by atoms with van der Waals surface area (Å²) in [7, 11) is 0. The zero-order valence-corrected chi connectivity index (χ0v) is 12.2. The Morgan fingerprint density at radius 1 is 1.22 bits per heavy atom. The third-order valence-electron chi connectivity index (χ3n) is 2.66. The zero-order valence-electron chi connectivity index (χ0n) is 9.82. The number of aromatic hydroxyl groups is 1. The van der Waals surface area contributed by atoms with Crippen molar-refractivity contribution in [3.05, 3.63) is 57.5 Å². The largest absolute Gasteiger partial charge is 0.508 e. The van der Waals surface area contributed by atoms with E-state index in [-0.39, 0.29) is 11.8 Å². The van der Waals surface area contributed by atoms with Crippen molar-refractivity contribution in [1.82, 2.24) is 0 Å². The van der Waals surface area contributed by atoms with Crippen molar-refractivity contribution in [3.8, 4) is 5.75 Å². The van der Waals surface area contributed by atoms with Gasteiger partial charge in [0, 0.05) is 20.7 Å². The van der Waals surface area contributed by atoms with Crippen LogP contribution in [0, 0.1) is 0 Å². The lowest BCUT2D eigenvalue weighted by Gasteiger charge is -2.17. The van der Waals surface area contributed by atoms with Crippen molar-refractivity contribution < 1.29 is 5.11 Å². The minimum Gasteiger partial charge on any atom is -0.508 e. The van der Waals surface area contributed by atoms with E-state index >= 15 is 0 Å². The molecule has 0 aliphatic rings. The monoisotopic (exact) mass is 325 g/mol. The summed E-state index contributed by atoms with van der Waals surface area (Å²) in [5.41, 5.74) is 1.76. The fourth-order valence-corrected chi connectivity index (χ4v) is 2.36. The Morgan fingerprint density at radius 2 is 2.00 bits per heavy atom. The van der Waals surface area contributed by atoms with Crippen LogP contribution in [0.25, 0.3) is 0 Å². The molecule has 1 unspecified atom stereocenters. The van der Waals surface area contributed by atoms with Crippen molar-refractivity contribution in [3.63, 3.8) is 0 Å². The standard InChI is InChI=1S/C14H13BrClNO/c1-9(13-8-11(16)5-6-14(13)18)17-12-4-2-3-10(15)7-12/h2-9,17-18H,1H3. The van der Waals surface area contributed by atoms with Gasteiger partial charge in [0.15, 0.2) is 0 Å². The predicted octanol–water partition coefficient (Wildman–Crippen LogP) is 4.98. The van der Waals surface area contributed by atoms with E-state index in [2.05, 4.69) is 21.2 Å². The molecule has 2 aromatic carbocycles. The van der Waals surface area contributed by atoms with E-state index in [0.29, 0.717) is 5.02 Å². The van der Waals surface area contributed by atoms with Crippen LogP contribution in [0.1, 0.15) is 18.5 Å². The average molecular weight is 327 g/mol. The Labute approximate surface area is 120 Å². The molecule has 0 bridgehead atoms. The topological polar surface area (TPSA) is 32.3 Å². The first kappa shape index (κ1) is 13.2. The van der Waals surface area contributed by atoms with Gasteiger partial charge in [-0.2, -0.15) is 0 Å². The Morgan fingerprint density at radius 3 is 2.72 bits per heavy atom. The SMILES string of the molecule is CC(Nc1cccc(Br)c1)c1cc(Cl)ccc1O. The van der Waals surface area contributed by atoms with E-state index in [0.717, 1.165) is 15.7 Å². The molecule has 0 aliphatic heterocycles. The van der Waals surface area contributed by atoms with Crippen molar-refractivity contribution in [1.29, 1.82) is 0 Å². The van der Waals surface area contributed by atoms with Gasteiger partial charge in [-0.3, -0.25) is 0 Å². The third-order valence-corrected chi connectivity index (χ3v) is 3.39. The molecule has 0 spiro atoms. The molecule has 0 saturated heterocycles. The maximum atomic E-state index is 9.83. The van der Waals surface area contributed by atoms with Gasteiger partial charge in [0.05, 0.1) is 6.04 Å². The number of rotatable bonds is 3. The summed E-state index contributed by atoms with van der Waals surface area (Å²) in [6.45, 7) is 1.98. The highest BCUT2D eigenvalue weighted by Gasteiger charge is 2.10. The minimum absolute atomic E-state index is 0.0296. The Bertz CT molecular complexity index is 559. The molecule has 0 fully saturated rings. The lowest BCUT2D eigenvalue weighted by atomic mass is 10.1. The maximum absolute atomic E-state index is 9.83. The van der Waals surface area contributed by atoms with Gasteiger partial charge < -0.3 is 10.4 Å². The first-order valence-electron chi connectivity index (χ1n) is 5.57. The molecule has 18 heavy (non-hydrogen) atoms. The van der Waals surface area contributed by atoms with Crippen molar-refractivity contribution >= 4 is 33.2 Å². The van der Waals surface area contributed by atoms with Crippen molar-refractivity contribution in [2.75, 3.05) is 5.32 Å². The van der Waals surface area contributed by atoms with Gasteiger partial charge in [-0.1, -0.05) is 33.6 Å². The molecule has 0 amide bonds. The van der Waals surface area contributed by atoms with Crippen LogP contribution in [0.3, 0.4) is 0 Å². The fraction of sp³-hybridized carbons (Fsp3) is 0.143. The molecule has 0 heterocycles. The van der Waals surface area contributed by atoms with Gasteiger partial charge in [0.25, 0.3) is 0 Å². The number of hydrogen-bond acceptors (Lipinski definition) is 2. The molecule has 0 saturated carbocycles. The molecule has 2 aromatic rings. The van der Waals surface area contributed by atoms with E-state index < -0.39 is 0 Å². The molecule has 0 aromatic heterocycles. The Kier molecular flexibility index (Phi) is 4.15. The fourth-order valence-electron chi connectivity index (χ4n) is 1.78. The summed E-state index contributed by atoms with van der Waals surface area (Å²) >= 11 is 9.37. The van der Waals surface area contributed by atoms with E-state index in [1.807, 2.05) is 31.2 Å². The molecule has 2 nitrogen and oxygen atoms in total. The van der Waals surface area contributed by atoms with Crippen LogP contribution < -0.4 is 5.32 Å². The van der Waals surface area contributed by atoms with E-state index in [9.17, 15) is 5.11 Å². The van der Waals surface area contributed by atoms with Crippen LogP contribution in [-0.4, -0.2) is 5.11 Å². The van der Waals surface area contributed by atoms with Gasteiger partial charge in [-0.25, -0.2) is 0 Å². The summed E-state index contributed by atoms with van der Waals surface area (Å²) in [5.74, 6) is 0.245. The Hall–Kier alpha value is -1.19. The molecule has 2 N–H and O–H groups in total. The Balaban J connectivity index is 2.21. The summed E-state index contributed by atoms with van der Waals surface area (Å²) in [6, 6.07) is 12.9. The lowest BCUT2D eigenvalue weighted by molar-refractivity contribution is 0.465. The average Bonchev–Trinajstić information content (AvgIpc) is 2.32. The number of hydrogen-bond donors (Lipinski definition) is 2. The number of benzene rings is 2. The molecule has 4 heteroatoms. The van der Waals surface area contributed by atoms with Gasteiger partial charge >= 0.3 is 0 Å². The zero-order chi connectivity index (χ0) is 13.1. The first-order valence-corrected chi connectivity index (χ1v) is 6.74. The second-order valence-electron chi connectivity index (χ2n) is 4.08. The molecule has 94 valence electrons. The number of halogens is 2. The van der Waals surface area contributed by atoms with Crippen LogP contribution in [0.5, 0.6) is 5.75 Å². The van der Waals surface area contributed by atoms with E-state index in [1.165, 1.54) is 0 Å². The van der Waals surface area contributed by atoms with Crippen LogP contribution in [0.15, 0.2) is 46.9 Å². The predicted molar refractivity (Wildman–Crippen MR) is 79.3 cm³/mol. The second-order valence-corrected chi connectivity index (χ2v) is 5.43. The van der Waals surface area contributed by atoms with Crippen LogP contribution in [0.4, 0.5) is 5.69 Å². The smallest absolute Gasteiger partial charge is 0.120 e. The minimum atomic E-state index is -0.0296. The summed E-state index contributed by atoms with van der Waals surface area (Å²) in [6.07, 6.45) is 0. The van der Waals surface area contributed by atoms with Crippen LogP contribution in [0.2, 0.25) is 5.02 Å². The molecule has 2 rings (SSSR count). The highest BCUT2D eigenvalue weighted by atomic mass is 79.9. The highest BCUT2D eigenvalue weighted by molar-refractivity contribution is 9.10. The summed E-state index contributed by atoms with van der Waals surface area (Å²) in [5, 5.41) is 13.8. The second kappa shape index (κ2) is 5.63. The quantitative estimate of drug-likeness (QED) is 0.833. The van der Waals surface area contributed by atoms with Crippen molar-refractivity contribution in [2.24, 2.45) is 0 Å². The molecule has 0 aliphatic carbocycles. The number of phenols is 1. The number of anilines is 1. The lowest BCUT2D eigenvalue weighted by Crippen LogP contribution is -2.06. The normalized spacial score (nSPS) is 12.2. The summed E-state index contributed by atoms with van der Waals surface area (Å²) in [4.78, 5) is 0. The first-order chi connectivity index (χ1) is 8.56. The van der Waals surface area contributed by atoms with Crippen LogP contribution >= 0.6 is 27.5 Å². The third kappa shape index (κ3) is 3.18. The molecular weight excluding hydrogens is 314 g/mol. The number of nitrogens with one attached hydrogen (secondary N) is 1. The molecule has 0 radical (unpaired) electrons. The number of phenolic OH excluding ortho intramolecular Hbond substituents is 1. The highest BCUT2D eigenvalue weighted by Crippen LogP contribution is 2.30. The summed E-state index contributed by atoms with van der Waals surface area (Å²) < 4.78 is 1.01. The van der Waals surface area contributed by atoms with Gasteiger partial charge in [-0.05, 0) is 43.3 Å². The van der Waals surface area contributed by atoms with Crippen LogP contribution in [-0.2, 0) is 0 Å². The molecular formula is C14H13BrClNO. The van der Waals surface area contributed by atoms with Crippen molar-refractivity contribution in [2.45, 2.75) is 13.0 Å². The van der Waals surface area contributed by atoms with Gasteiger partial charge in [0.1, 0.15) is 5.75 Å². The molecule has 1 atom stereocenters. The van der Waals surface area contributed by atoms with Gasteiger partial charge in [-0.15, -0.1) is 0 Å². The van der Waals surface area contributed by atoms with E-state index in [4.69, 9.17) is 11.6 Å². The van der Waals surface area contributed by atoms with E-state index in [1.54, 1.807) is 18.2 Å². The van der Waals surface area contributed by atoms with Gasteiger partial charge in [0.2, 0.25) is 0 Å². The maximum Gasteiger partial charge on any atom is 0.120 e.